The number of carbonyl (C=O) groups is 1. The minimum Gasteiger partial charge on any atom is -0.519 e. The molecule has 0 radical (unpaired) electrons. The molecule has 0 aromatic rings. The largest absolute Gasteiger partial charge is 0.519 e. The summed E-state index contributed by atoms with van der Waals surface area (Å²) in [7, 11) is -1.75. The summed E-state index contributed by atoms with van der Waals surface area (Å²) in [6, 6.07) is 3.17. The summed E-state index contributed by atoms with van der Waals surface area (Å²) in [6.45, 7) is 6.52. The van der Waals surface area contributed by atoms with Gasteiger partial charge in [-0.25, -0.2) is 0 Å². The smallest absolute Gasteiger partial charge is 0.296 e. The van der Waals surface area contributed by atoms with Gasteiger partial charge in [-0.2, -0.15) is 0 Å². The molecule has 0 spiro atoms. The van der Waals surface area contributed by atoms with Gasteiger partial charge in [0.2, 0.25) is 0 Å². The Labute approximate surface area is 106 Å². The van der Waals surface area contributed by atoms with E-state index in [0.29, 0.717) is 11.8 Å². The lowest BCUT2D eigenvalue weighted by atomic mass is 9.94. The Morgan fingerprint density at radius 2 is 1.82 bits per heavy atom. The van der Waals surface area contributed by atoms with Gasteiger partial charge >= 0.3 is 0 Å². The van der Waals surface area contributed by atoms with Gasteiger partial charge in [0.15, 0.2) is 0 Å². The topological polar surface area (TPSA) is 26.3 Å². The first-order valence-corrected chi connectivity index (χ1v) is 9.58. The highest BCUT2D eigenvalue weighted by Gasteiger charge is 2.43. The summed E-state index contributed by atoms with van der Waals surface area (Å²) >= 11 is 0. The van der Waals surface area contributed by atoms with E-state index in [2.05, 4.69) is 32.9 Å². The Kier molecular flexibility index (Phi) is 3.76. The lowest BCUT2D eigenvalue weighted by Gasteiger charge is -2.30. The fraction of sp³-hybridized carbons (Fsp3) is 0.786. The normalized spacial score (nSPS) is 30.9. The van der Waals surface area contributed by atoms with E-state index in [1.807, 2.05) is 0 Å². The highest BCUT2D eigenvalue weighted by atomic mass is 28.4. The molecule has 0 aliphatic heterocycles. The summed E-state index contributed by atoms with van der Waals surface area (Å²) in [5, 5.41) is 0. The van der Waals surface area contributed by atoms with E-state index in [-0.39, 0.29) is 11.9 Å². The van der Waals surface area contributed by atoms with Gasteiger partial charge in [-0.3, -0.25) is 4.79 Å². The van der Waals surface area contributed by atoms with Gasteiger partial charge in [-0.1, -0.05) is 32.9 Å². The van der Waals surface area contributed by atoms with Crippen molar-refractivity contribution in [1.29, 1.82) is 0 Å². The van der Waals surface area contributed by atoms with Gasteiger partial charge in [-0.15, -0.1) is 0 Å². The summed E-state index contributed by atoms with van der Waals surface area (Å²) in [4.78, 5) is 12.3. The van der Waals surface area contributed by atoms with Gasteiger partial charge in [0.05, 0.1) is 5.92 Å². The zero-order valence-electron chi connectivity index (χ0n) is 11.2. The maximum atomic E-state index is 12.3. The standard InChI is InChI=1S/C14H24O2Si/c1-4-17(5-2,6-3)16-14(15)13-10-11-7-8-12(13)9-11/h7-8,11-13H,4-6,9-10H2,1-3H3. The van der Waals surface area contributed by atoms with E-state index in [0.717, 1.165) is 24.6 Å². The summed E-state index contributed by atoms with van der Waals surface area (Å²) in [6.07, 6.45) is 6.71. The minimum absolute atomic E-state index is 0.110. The third-order valence-corrected chi connectivity index (χ3v) is 9.33. The van der Waals surface area contributed by atoms with Crippen LogP contribution in [-0.4, -0.2) is 14.3 Å². The van der Waals surface area contributed by atoms with Crippen molar-refractivity contribution in [2.45, 2.75) is 51.7 Å². The Balaban J connectivity index is 1.99. The molecule has 2 aliphatic rings. The van der Waals surface area contributed by atoms with Crippen molar-refractivity contribution in [2.75, 3.05) is 0 Å². The van der Waals surface area contributed by atoms with Gasteiger partial charge in [0.25, 0.3) is 14.3 Å². The molecular weight excluding hydrogens is 228 g/mol. The van der Waals surface area contributed by atoms with Crippen LogP contribution in [0, 0.1) is 17.8 Å². The summed E-state index contributed by atoms with van der Waals surface area (Å²) in [5.41, 5.74) is 0. The highest BCUT2D eigenvalue weighted by Crippen LogP contribution is 2.44. The summed E-state index contributed by atoms with van der Waals surface area (Å²) < 4.78 is 5.99. The van der Waals surface area contributed by atoms with Crippen molar-refractivity contribution < 1.29 is 9.22 Å². The number of hydrogen-bond acceptors (Lipinski definition) is 2. The predicted octanol–water partition coefficient (Wildman–Crippen LogP) is 3.75. The maximum absolute atomic E-state index is 12.3. The highest BCUT2D eigenvalue weighted by molar-refractivity contribution is 6.74. The molecule has 0 aromatic carbocycles. The third-order valence-electron chi connectivity index (χ3n) is 4.83. The Morgan fingerprint density at radius 3 is 2.24 bits per heavy atom. The first kappa shape index (κ1) is 12.9. The first-order chi connectivity index (χ1) is 8.14. The SMILES string of the molecule is CC[Si](CC)(CC)OC(=O)C1CC2C=CC1C2. The van der Waals surface area contributed by atoms with Crippen molar-refractivity contribution >= 4 is 14.3 Å². The molecule has 2 nitrogen and oxygen atoms in total. The predicted molar refractivity (Wildman–Crippen MR) is 72.1 cm³/mol. The molecule has 17 heavy (non-hydrogen) atoms. The van der Waals surface area contributed by atoms with Crippen molar-refractivity contribution in [3.05, 3.63) is 12.2 Å². The Morgan fingerprint density at radius 1 is 1.18 bits per heavy atom. The van der Waals surface area contributed by atoms with E-state index in [1.54, 1.807) is 0 Å². The average Bonchev–Trinajstić information content (AvgIpc) is 2.98. The molecule has 1 fully saturated rings. The number of carbonyl (C=O) groups excluding carboxylic acids is 1. The van der Waals surface area contributed by atoms with E-state index < -0.39 is 8.32 Å². The van der Waals surface area contributed by atoms with Crippen LogP contribution in [0.3, 0.4) is 0 Å². The molecule has 0 heterocycles. The molecule has 0 N–H and O–H groups in total. The minimum atomic E-state index is -1.75. The van der Waals surface area contributed by atoms with Gasteiger partial charge in [-0.05, 0) is 42.8 Å². The van der Waals surface area contributed by atoms with Gasteiger partial charge in [0.1, 0.15) is 0 Å². The van der Waals surface area contributed by atoms with Crippen LogP contribution in [-0.2, 0) is 9.22 Å². The van der Waals surface area contributed by atoms with Crippen molar-refractivity contribution in [2.24, 2.45) is 17.8 Å². The molecule has 2 rings (SSSR count). The molecule has 3 heteroatoms. The van der Waals surface area contributed by atoms with Crippen LogP contribution in [0.15, 0.2) is 12.2 Å². The lowest BCUT2D eigenvalue weighted by Crippen LogP contribution is -2.40. The van der Waals surface area contributed by atoms with Crippen molar-refractivity contribution in [1.82, 2.24) is 0 Å². The summed E-state index contributed by atoms with van der Waals surface area (Å²) in [5.74, 6) is 1.41. The van der Waals surface area contributed by atoms with Crippen LogP contribution >= 0.6 is 0 Å². The Hall–Kier alpha value is -0.573. The van der Waals surface area contributed by atoms with Crippen LogP contribution in [0.1, 0.15) is 33.6 Å². The zero-order valence-corrected chi connectivity index (χ0v) is 12.2. The molecule has 3 atom stereocenters. The van der Waals surface area contributed by atoms with Crippen LogP contribution < -0.4 is 0 Å². The molecule has 0 amide bonds. The second kappa shape index (κ2) is 4.97. The quantitative estimate of drug-likeness (QED) is 0.550. The third kappa shape index (κ3) is 2.35. The lowest BCUT2D eigenvalue weighted by molar-refractivity contribution is -0.140. The fourth-order valence-electron chi connectivity index (χ4n) is 3.31. The number of fused-ring (bicyclic) bond motifs is 2. The van der Waals surface area contributed by atoms with E-state index in [9.17, 15) is 4.79 Å². The molecule has 0 aromatic heterocycles. The van der Waals surface area contributed by atoms with E-state index in [4.69, 9.17) is 4.43 Å². The molecule has 1 saturated carbocycles. The zero-order chi connectivity index (χ0) is 12.5. The van der Waals surface area contributed by atoms with Crippen LogP contribution in [0.5, 0.6) is 0 Å². The monoisotopic (exact) mass is 252 g/mol. The van der Waals surface area contributed by atoms with Crippen LogP contribution in [0.4, 0.5) is 0 Å². The molecule has 96 valence electrons. The molecule has 0 saturated heterocycles. The second-order valence-electron chi connectivity index (χ2n) is 5.55. The number of rotatable bonds is 5. The fourth-order valence-corrected chi connectivity index (χ4v) is 5.82. The van der Waals surface area contributed by atoms with Crippen molar-refractivity contribution in [3.63, 3.8) is 0 Å². The van der Waals surface area contributed by atoms with Gasteiger partial charge < -0.3 is 4.43 Å². The molecule has 3 unspecified atom stereocenters. The number of allylic oxidation sites excluding steroid dienone is 2. The van der Waals surface area contributed by atoms with Crippen molar-refractivity contribution in [3.8, 4) is 0 Å². The molecule has 2 aliphatic carbocycles. The second-order valence-corrected chi connectivity index (χ2v) is 10.2. The van der Waals surface area contributed by atoms with E-state index >= 15 is 0 Å². The number of hydrogen-bond donors (Lipinski definition) is 0. The molecule has 2 bridgehead atoms. The first-order valence-electron chi connectivity index (χ1n) is 7.05. The Bertz CT molecular complexity index is 312. The van der Waals surface area contributed by atoms with Crippen LogP contribution in [0.2, 0.25) is 18.1 Å². The van der Waals surface area contributed by atoms with Gasteiger partial charge in [0, 0.05) is 0 Å². The molecular formula is C14H24O2Si. The van der Waals surface area contributed by atoms with E-state index in [1.165, 1.54) is 6.42 Å². The maximum Gasteiger partial charge on any atom is 0.296 e. The van der Waals surface area contributed by atoms with Crippen LogP contribution in [0.25, 0.3) is 0 Å². The average molecular weight is 252 g/mol.